The Balaban J connectivity index is 1.79. The lowest BCUT2D eigenvalue weighted by Gasteiger charge is -2.22. The quantitative estimate of drug-likeness (QED) is 0.660. The molecule has 2 aromatic rings. The fourth-order valence-electron chi connectivity index (χ4n) is 2.46. The first kappa shape index (κ1) is 20.3. The van der Waals surface area contributed by atoms with Gasteiger partial charge >= 0.3 is 0 Å². The summed E-state index contributed by atoms with van der Waals surface area (Å²) < 4.78 is 12.5. The van der Waals surface area contributed by atoms with Crippen LogP contribution in [-0.2, 0) is 10.2 Å². The van der Waals surface area contributed by atoms with E-state index < -0.39 is 6.10 Å². The molecule has 26 heavy (non-hydrogen) atoms. The molecule has 2 aromatic carbocycles. The molecule has 1 atom stereocenters. The van der Waals surface area contributed by atoms with Crippen LogP contribution < -0.4 is 14.8 Å². The Morgan fingerprint density at radius 1 is 1.12 bits per heavy atom. The summed E-state index contributed by atoms with van der Waals surface area (Å²) in [6, 6.07) is 15.4. The summed E-state index contributed by atoms with van der Waals surface area (Å²) in [5, 5.41) is 2.84. The number of halogens is 1. The van der Waals surface area contributed by atoms with E-state index in [0.717, 1.165) is 15.8 Å². The SMILES string of the molecule is C[C@@H](Oc1ccc(Br)cc1)C(=O)NCCOc1ccccc1C(C)(C)C. The van der Waals surface area contributed by atoms with Crippen LogP contribution >= 0.6 is 15.9 Å². The van der Waals surface area contributed by atoms with Crippen molar-refractivity contribution in [2.45, 2.75) is 39.2 Å². The van der Waals surface area contributed by atoms with Gasteiger partial charge in [0.2, 0.25) is 0 Å². The number of amides is 1. The maximum Gasteiger partial charge on any atom is 0.260 e. The van der Waals surface area contributed by atoms with Crippen LogP contribution in [0.3, 0.4) is 0 Å². The van der Waals surface area contributed by atoms with Crippen molar-refractivity contribution >= 4 is 21.8 Å². The molecule has 2 rings (SSSR count). The third-order valence-corrected chi connectivity index (χ3v) is 4.38. The minimum atomic E-state index is -0.571. The smallest absolute Gasteiger partial charge is 0.260 e. The predicted molar refractivity (Wildman–Crippen MR) is 108 cm³/mol. The highest BCUT2D eigenvalue weighted by atomic mass is 79.9. The van der Waals surface area contributed by atoms with E-state index in [4.69, 9.17) is 9.47 Å². The van der Waals surface area contributed by atoms with Crippen LogP contribution in [-0.4, -0.2) is 25.2 Å². The van der Waals surface area contributed by atoms with Crippen LogP contribution in [0.4, 0.5) is 0 Å². The highest BCUT2D eigenvalue weighted by molar-refractivity contribution is 9.10. The van der Waals surface area contributed by atoms with E-state index in [0.29, 0.717) is 18.9 Å². The Morgan fingerprint density at radius 2 is 1.77 bits per heavy atom. The van der Waals surface area contributed by atoms with Crippen LogP contribution in [0.1, 0.15) is 33.3 Å². The van der Waals surface area contributed by atoms with Crippen LogP contribution in [0.25, 0.3) is 0 Å². The zero-order chi connectivity index (χ0) is 19.2. The van der Waals surface area contributed by atoms with Crippen LogP contribution in [0.2, 0.25) is 0 Å². The van der Waals surface area contributed by atoms with Gasteiger partial charge in [0, 0.05) is 4.47 Å². The van der Waals surface area contributed by atoms with Crippen LogP contribution in [0.5, 0.6) is 11.5 Å². The molecule has 4 nitrogen and oxygen atoms in total. The van der Waals surface area contributed by atoms with Crippen molar-refractivity contribution in [3.8, 4) is 11.5 Å². The second-order valence-corrected chi connectivity index (χ2v) is 8.02. The Kier molecular flexibility index (Phi) is 7.09. The molecule has 1 N–H and O–H groups in total. The van der Waals surface area contributed by atoms with Gasteiger partial charge in [-0.15, -0.1) is 0 Å². The lowest BCUT2D eigenvalue weighted by Crippen LogP contribution is -2.38. The van der Waals surface area contributed by atoms with E-state index in [-0.39, 0.29) is 11.3 Å². The summed E-state index contributed by atoms with van der Waals surface area (Å²) in [5.74, 6) is 1.35. The van der Waals surface area contributed by atoms with Gasteiger partial charge in [-0.3, -0.25) is 4.79 Å². The van der Waals surface area contributed by atoms with Gasteiger partial charge in [0.15, 0.2) is 6.10 Å². The third kappa shape index (κ3) is 6.06. The lowest BCUT2D eigenvalue weighted by molar-refractivity contribution is -0.127. The van der Waals surface area contributed by atoms with Crippen molar-refractivity contribution in [1.82, 2.24) is 5.32 Å². The van der Waals surface area contributed by atoms with Gasteiger partial charge in [0.25, 0.3) is 5.91 Å². The molecule has 1 amide bonds. The first-order chi connectivity index (χ1) is 12.3. The van der Waals surface area contributed by atoms with Crippen molar-refractivity contribution in [2.75, 3.05) is 13.2 Å². The van der Waals surface area contributed by atoms with Crippen molar-refractivity contribution in [2.24, 2.45) is 0 Å². The normalized spacial score (nSPS) is 12.3. The van der Waals surface area contributed by atoms with Gasteiger partial charge in [-0.1, -0.05) is 54.9 Å². The number of ether oxygens (including phenoxy) is 2. The molecule has 0 radical (unpaired) electrons. The van der Waals surface area contributed by atoms with Gasteiger partial charge in [-0.05, 0) is 48.2 Å². The molecule has 0 saturated carbocycles. The number of carbonyl (C=O) groups excluding carboxylic acids is 1. The fraction of sp³-hybridized carbons (Fsp3) is 0.381. The van der Waals surface area contributed by atoms with E-state index >= 15 is 0 Å². The monoisotopic (exact) mass is 419 g/mol. The summed E-state index contributed by atoms with van der Waals surface area (Å²) in [7, 11) is 0. The van der Waals surface area contributed by atoms with Gasteiger partial charge in [0.05, 0.1) is 6.54 Å². The molecule has 0 aliphatic carbocycles. The Morgan fingerprint density at radius 3 is 2.42 bits per heavy atom. The Labute approximate surface area is 164 Å². The van der Waals surface area contributed by atoms with E-state index in [9.17, 15) is 4.79 Å². The standard InChI is InChI=1S/C21H26BrNO3/c1-15(26-17-11-9-16(22)10-12-17)20(24)23-13-14-25-19-8-6-5-7-18(19)21(2,3)4/h5-12,15H,13-14H2,1-4H3,(H,23,24)/t15-/m1/s1. The fourth-order valence-corrected chi connectivity index (χ4v) is 2.73. The maximum atomic E-state index is 12.2. The highest BCUT2D eigenvalue weighted by Crippen LogP contribution is 2.30. The Hall–Kier alpha value is -2.01. The lowest BCUT2D eigenvalue weighted by atomic mass is 9.86. The largest absolute Gasteiger partial charge is 0.491 e. The minimum Gasteiger partial charge on any atom is -0.491 e. The minimum absolute atomic E-state index is 0.00682. The molecular formula is C21H26BrNO3. The number of benzene rings is 2. The number of para-hydroxylation sites is 1. The first-order valence-electron chi connectivity index (χ1n) is 8.69. The molecule has 0 saturated heterocycles. The summed E-state index contributed by atoms with van der Waals surface area (Å²) in [4.78, 5) is 12.2. The summed E-state index contributed by atoms with van der Waals surface area (Å²) in [5.41, 5.74) is 1.16. The molecule has 0 spiro atoms. The molecule has 140 valence electrons. The summed E-state index contributed by atoms with van der Waals surface area (Å²) in [6.45, 7) is 9.01. The summed E-state index contributed by atoms with van der Waals surface area (Å²) >= 11 is 3.37. The molecule has 0 fully saturated rings. The molecule has 5 heteroatoms. The van der Waals surface area contributed by atoms with Crippen LogP contribution in [0, 0.1) is 0 Å². The third-order valence-electron chi connectivity index (χ3n) is 3.85. The molecule has 0 aromatic heterocycles. The average molecular weight is 420 g/mol. The molecule has 0 bridgehead atoms. The zero-order valence-electron chi connectivity index (χ0n) is 15.7. The number of nitrogens with one attached hydrogen (secondary N) is 1. The van der Waals surface area contributed by atoms with Crippen molar-refractivity contribution < 1.29 is 14.3 Å². The molecule has 0 aliphatic rings. The van der Waals surface area contributed by atoms with E-state index in [1.165, 1.54) is 0 Å². The van der Waals surface area contributed by atoms with Gasteiger partial charge in [-0.2, -0.15) is 0 Å². The second kappa shape index (κ2) is 9.08. The molecule has 0 unspecified atom stereocenters. The predicted octanol–water partition coefficient (Wildman–Crippen LogP) is 4.71. The van der Waals surface area contributed by atoms with Gasteiger partial charge in [0.1, 0.15) is 18.1 Å². The van der Waals surface area contributed by atoms with Crippen molar-refractivity contribution in [3.63, 3.8) is 0 Å². The van der Waals surface area contributed by atoms with E-state index in [1.807, 2.05) is 42.5 Å². The number of carbonyl (C=O) groups is 1. The molecule has 0 aliphatic heterocycles. The maximum absolute atomic E-state index is 12.2. The van der Waals surface area contributed by atoms with E-state index in [1.54, 1.807) is 6.92 Å². The van der Waals surface area contributed by atoms with Crippen molar-refractivity contribution in [3.05, 3.63) is 58.6 Å². The average Bonchev–Trinajstić information content (AvgIpc) is 2.60. The highest BCUT2D eigenvalue weighted by Gasteiger charge is 2.18. The number of hydrogen-bond acceptors (Lipinski definition) is 3. The molecular weight excluding hydrogens is 394 g/mol. The zero-order valence-corrected chi connectivity index (χ0v) is 17.3. The van der Waals surface area contributed by atoms with Gasteiger partial charge < -0.3 is 14.8 Å². The second-order valence-electron chi connectivity index (χ2n) is 7.10. The topological polar surface area (TPSA) is 47.6 Å². The van der Waals surface area contributed by atoms with Crippen LogP contribution in [0.15, 0.2) is 53.0 Å². The van der Waals surface area contributed by atoms with Crippen molar-refractivity contribution in [1.29, 1.82) is 0 Å². The molecule has 0 heterocycles. The Bertz CT molecular complexity index is 723. The number of hydrogen-bond donors (Lipinski definition) is 1. The summed E-state index contributed by atoms with van der Waals surface area (Å²) in [6.07, 6.45) is -0.571. The van der Waals surface area contributed by atoms with E-state index in [2.05, 4.69) is 48.1 Å². The van der Waals surface area contributed by atoms with Gasteiger partial charge in [-0.25, -0.2) is 0 Å². The number of rotatable bonds is 7. The first-order valence-corrected chi connectivity index (χ1v) is 9.49.